The molecule has 0 N–H and O–H groups in total. The van der Waals surface area contributed by atoms with Crippen LogP contribution < -0.4 is 4.74 Å². The summed E-state index contributed by atoms with van der Waals surface area (Å²) in [5.74, 6) is 0.888. The molecular weight excluding hydrogens is 324 g/mol. The van der Waals surface area contributed by atoms with E-state index in [-0.39, 0.29) is 10.6 Å². The van der Waals surface area contributed by atoms with Gasteiger partial charge in [-0.2, -0.15) is 0 Å². The minimum absolute atomic E-state index is 0.0867. The van der Waals surface area contributed by atoms with Gasteiger partial charge in [0.25, 0.3) is 0 Å². The summed E-state index contributed by atoms with van der Waals surface area (Å²) in [5.41, 5.74) is 1.99. The Labute approximate surface area is 106 Å². The second-order valence-corrected chi connectivity index (χ2v) is 4.65. The van der Waals surface area contributed by atoms with Crippen molar-refractivity contribution in [1.82, 2.24) is 0 Å². The highest BCUT2D eigenvalue weighted by atomic mass is 79.9. The van der Waals surface area contributed by atoms with Crippen molar-refractivity contribution in [1.29, 1.82) is 0 Å². The van der Waals surface area contributed by atoms with Crippen LogP contribution in [0.1, 0.15) is 22.9 Å². The number of alkyl halides is 2. The molecule has 0 aliphatic rings. The number of halogens is 2. The number of methoxy groups -OCH3 is 1. The molecule has 0 spiro atoms. The van der Waals surface area contributed by atoms with Crippen molar-refractivity contribution in [3.05, 3.63) is 29.3 Å². The zero-order valence-corrected chi connectivity index (χ0v) is 11.8. The first-order chi connectivity index (χ1) is 7.10. The molecule has 15 heavy (non-hydrogen) atoms. The van der Waals surface area contributed by atoms with Gasteiger partial charge < -0.3 is 4.74 Å². The van der Waals surface area contributed by atoms with Crippen molar-refractivity contribution < 1.29 is 9.53 Å². The van der Waals surface area contributed by atoms with Gasteiger partial charge in [0.2, 0.25) is 0 Å². The van der Waals surface area contributed by atoms with E-state index in [1.165, 1.54) is 0 Å². The molecule has 0 heterocycles. The summed E-state index contributed by atoms with van der Waals surface area (Å²) in [6.45, 7) is 1.56. The maximum atomic E-state index is 11.2. The minimum atomic E-state index is -0.254. The van der Waals surface area contributed by atoms with Crippen molar-refractivity contribution in [2.24, 2.45) is 0 Å². The molecule has 1 atom stereocenters. The van der Waals surface area contributed by atoms with E-state index in [0.717, 1.165) is 22.2 Å². The lowest BCUT2D eigenvalue weighted by Crippen LogP contribution is -2.02. The fourth-order valence-corrected chi connectivity index (χ4v) is 2.01. The van der Waals surface area contributed by atoms with Crippen LogP contribution >= 0.6 is 31.9 Å². The van der Waals surface area contributed by atoms with Crippen molar-refractivity contribution in [3.63, 3.8) is 0 Å². The number of ether oxygens (including phenoxy) is 1. The van der Waals surface area contributed by atoms with Crippen LogP contribution in [0.2, 0.25) is 0 Å². The number of carbonyl (C=O) groups is 1. The highest BCUT2D eigenvalue weighted by molar-refractivity contribution is 9.09. The fraction of sp³-hybridized carbons (Fsp3) is 0.364. The van der Waals surface area contributed by atoms with Gasteiger partial charge in [0.1, 0.15) is 11.5 Å². The molecular formula is C11H12Br2O2. The van der Waals surface area contributed by atoms with Gasteiger partial charge in [-0.3, -0.25) is 4.79 Å². The van der Waals surface area contributed by atoms with Crippen molar-refractivity contribution in [3.8, 4) is 5.75 Å². The van der Waals surface area contributed by atoms with Crippen molar-refractivity contribution in [2.45, 2.75) is 17.1 Å². The average Bonchev–Trinajstić information content (AvgIpc) is 2.26. The Bertz CT molecular complexity index is 364. The summed E-state index contributed by atoms with van der Waals surface area (Å²) in [6.07, 6.45) is 0. The predicted octanol–water partition coefficient (Wildman–Crippen LogP) is 3.62. The maximum Gasteiger partial charge on any atom is 0.147 e. The van der Waals surface area contributed by atoms with E-state index >= 15 is 0 Å². The van der Waals surface area contributed by atoms with Gasteiger partial charge in [-0.25, -0.2) is 0 Å². The summed E-state index contributed by atoms with van der Waals surface area (Å²) < 4.78 is 5.24. The largest absolute Gasteiger partial charge is 0.496 e. The van der Waals surface area contributed by atoms with E-state index in [2.05, 4.69) is 31.9 Å². The second kappa shape index (κ2) is 5.66. The highest BCUT2D eigenvalue weighted by Crippen LogP contribution is 2.30. The Morgan fingerprint density at radius 1 is 1.53 bits per heavy atom. The van der Waals surface area contributed by atoms with Crippen LogP contribution in [0.3, 0.4) is 0 Å². The monoisotopic (exact) mass is 334 g/mol. The molecule has 2 nitrogen and oxygen atoms in total. The molecule has 0 amide bonds. The highest BCUT2D eigenvalue weighted by Gasteiger charge is 2.14. The van der Waals surface area contributed by atoms with Gasteiger partial charge in [0.15, 0.2) is 0 Å². The second-order valence-electron chi connectivity index (χ2n) is 3.18. The molecule has 1 unspecified atom stereocenters. The van der Waals surface area contributed by atoms with Crippen LogP contribution in [-0.2, 0) is 10.1 Å². The first kappa shape index (κ1) is 12.7. The number of ketones is 1. The van der Waals surface area contributed by atoms with E-state index in [9.17, 15) is 4.79 Å². The third-order valence-corrected chi connectivity index (χ3v) is 3.88. The SMILES string of the molecule is COc1cc(C(Br)C(C)=O)ccc1CBr. The van der Waals surface area contributed by atoms with Crippen LogP contribution in [0, 0.1) is 0 Å². The summed E-state index contributed by atoms with van der Waals surface area (Å²) in [5, 5.41) is 0.740. The van der Waals surface area contributed by atoms with E-state index in [0.29, 0.717) is 0 Å². The normalized spacial score (nSPS) is 12.3. The predicted molar refractivity (Wildman–Crippen MR) is 68.0 cm³/mol. The first-order valence-electron chi connectivity index (χ1n) is 4.47. The van der Waals surface area contributed by atoms with E-state index in [1.54, 1.807) is 14.0 Å². The quantitative estimate of drug-likeness (QED) is 0.785. The lowest BCUT2D eigenvalue weighted by Gasteiger charge is -2.11. The lowest BCUT2D eigenvalue weighted by atomic mass is 10.1. The molecule has 0 saturated carbocycles. The minimum Gasteiger partial charge on any atom is -0.496 e. The number of benzene rings is 1. The number of Topliss-reactive ketones (excluding diaryl/α,β-unsaturated/α-hetero) is 1. The summed E-state index contributed by atoms with van der Waals surface area (Å²) in [7, 11) is 1.63. The fourth-order valence-electron chi connectivity index (χ4n) is 1.26. The van der Waals surface area contributed by atoms with Gasteiger partial charge >= 0.3 is 0 Å². The molecule has 4 heteroatoms. The molecule has 0 saturated heterocycles. The lowest BCUT2D eigenvalue weighted by molar-refractivity contribution is -0.116. The van der Waals surface area contributed by atoms with Crippen LogP contribution in [-0.4, -0.2) is 12.9 Å². The summed E-state index contributed by atoms with van der Waals surface area (Å²) >= 11 is 6.72. The van der Waals surface area contributed by atoms with Crippen LogP contribution in [0.4, 0.5) is 0 Å². The standard InChI is InChI=1S/C11H12Br2O2/c1-7(14)11(13)8-3-4-9(6-12)10(5-8)15-2/h3-5,11H,6H2,1-2H3. The Kier molecular flexibility index (Phi) is 4.80. The zero-order valence-electron chi connectivity index (χ0n) is 8.59. The molecule has 0 aromatic heterocycles. The first-order valence-corrected chi connectivity index (χ1v) is 6.51. The number of hydrogen-bond acceptors (Lipinski definition) is 2. The van der Waals surface area contributed by atoms with Crippen LogP contribution in [0.5, 0.6) is 5.75 Å². The van der Waals surface area contributed by atoms with E-state index < -0.39 is 0 Å². The maximum absolute atomic E-state index is 11.2. The Hall–Kier alpha value is -0.350. The van der Waals surface area contributed by atoms with Crippen LogP contribution in [0.25, 0.3) is 0 Å². The smallest absolute Gasteiger partial charge is 0.147 e. The summed E-state index contributed by atoms with van der Waals surface area (Å²) in [6, 6.07) is 5.78. The van der Waals surface area contributed by atoms with Crippen molar-refractivity contribution >= 4 is 37.6 Å². The van der Waals surface area contributed by atoms with Crippen LogP contribution in [0.15, 0.2) is 18.2 Å². The molecule has 0 bridgehead atoms. The summed E-state index contributed by atoms with van der Waals surface area (Å²) in [4.78, 5) is 10.9. The molecule has 0 aliphatic heterocycles. The molecule has 1 aromatic carbocycles. The van der Waals surface area contributed by atoms with Gasteiger partial charge in [0.05, 0.1) is 11.9 Å². The van der Waals surface area contributed by atoms with Gasteiger partial charge in [-0.1, -0.05) is 44.0 Å². The number of rotatable bonds is 4. The van der Waals surface area contributed by atoms with E-state index in [1.807, 2.05) is 18.2 Å². The average molecular weight is 336 g/mol. The number of carbonyl (C=O) groups excluding carboxylic acids is 1. The topological polar surface area (TPSA) is 26.3 Å². The molecule has 0 fully saturated rings. The third kappa shape index (κ3) is 3.05. The zero-order chi connectivity index (χ0) is 11.4. The van der Waals surface area contributed by atoms with Gasteiger partial charge in [-0.05, 0) is 18.6 Å². The third-order valence-electron chi connectivity index (χ3n) is 2.10. The molecule has 1 aromatic rings. The van der Waals surface area contributed by atoms with Gasteiger partial charge in [-0.15, -0.1) is 0 Å². The Morgan fingerprint density at radius 2 is 2.20 bits per heavy atom. The van der Waals surface area contributed by atoms with E-state index in [4.69, 9.17) is 4.74 Å². The molecule has 1 rings (SSSR count). The Balaban J connectivity index is 3.07. The molecule has 0 aliphatic carbocycles. The Morgan fingerprint density at radius 3 is 2.67 bits per heavy atom. The number of hydrogen-bond donors (Lipinski definition) is 0. The van der Waals surface area contributed by atoms with Gasteiger partial charge in [0, 0.05) is 10.9 Å². The molecule has 0 radical (unpaired) electrons. The molecule has 82 valence electrons. The van der Waals surface area contributed by atoms with Crippen molar-refractivity contribution in [2.75, 3.05) is 7.11 Å².